The van der Waals surface area contributed by atoms with Gasteiger partial charge in [-0.25, -0.2) is 13.2 Å². The van der Waals surface area contributed by atoms with Gasteiger partial charge in [-0.1, -0.05) is 23.2 Å². The molecule has 2 aromatic carbocycles. The molecule has 0 aromatic heterocycles. The monoisotopic (exact) mass is 426 g/mol. The Morgan fingerprint density at radius 3 is 2.04 bits per heavy atom. The van der Waals surface area contributed by atoms with Crippen molar-refractivity contribution in [3.63, 3.8) is 0 Å². The lowest BCUT2D eigenvalue weighted by Gasteiger charge is -2.23. The zero-order chi connectivity index (χ0) is 19.3. The van der Waals surface area contributed by atoms with Crippen molar-refractivity contribution < 1.29 is 17.9 Å². The summed E-state index contributed by atoms with van der Waals surface area (Å²) in [5.74, 6) is 0.492. The van der Waals surface area contributed by atoms with Crippen LogP contribution in [0.2, 0.25) is 10.0 Å². The van der Waals surface area contributed by atoms with Crippen LogP contribution >= 0.6 is 23.2 Å². The van der Waals surface area contributed by atoms with Crippen LogP contribution in [0.15, 0.2) is 42.5 Å². The average Bonchev–Trinajstić information content (AvgIpc) is 3.06. The smallest absolute Gasteiger partial charge is 0.329 e. The van der Waals surface area contributed by atoms with E-state index in [0.29, 0.717) is 27.2 Å². The van der Waals surface area contributed by atoms with Crippen molar-refractivity contribution in [3.05, 3.63) is 52.5 Å². The second-order valence-electron chi connectivity index (χ2n) is 6.53. The summed E-state index contributed by atoms with van der Waals surface area (Å²) in [6, 6.07) is 10.6. The van der Waals surface area contributed by atoms with E-state index < -0.39 is 21.9 Å². The number of amides is 2. The Morgan fingerprint density at radius 2 is 1.48 bits per heavy atom. The molecule has 2 saturated heterocycles. The van der Waals surface area contributed by atoms with Crippen molar-refractivity contribution in [3.8, 4) is 5.75 Å². The quantitative estimate of drug-likeness (QED) is 0.702. The minimum atomic E-state index is -3.26. The molecule has 0 radical (unpaired) electrons. The lowest BCUT2D eigenvalue weighted by Crippen LogP contribution is -2.37. The highest BCUT2D eigenvalue weighted by molar-refractivity contribution is 7.91. The number of hydrogen-bond acceptors (Lipinski definition) is 4. The molecule has 142 valence electrons. The third-order valence-corrected chi connectivity index (χ3v) is 7.34. The molecule has 9 heteroatoms. The molecule has 6 nitrogen and oxygen atoms in total. The van der Waals surface area contributed by atoms with E-state index in [1.165, 1.54) is 9.80 Å². The van der Waals surface area contributed by atoms with Gasteiger partial charge in [0.15, 0.2) is 9.84 Å². The third-order valence-electron chi connectivity index (χ3n) is 4.90. The third kappa shape index (κ3) is 3.13. The predicted molar refractivity (Wildman–Crippen MR) is 106 cm³/mol. The minimum absolute atomic E-state index is 0.0761. The molecule has 2 fully saturated rings. The Labute approximate surface area is 167 Å². The molecule has 27 heavy (non-hydrogen) atoms. The van der Waals surface area contributed by atoms with Gasteiger partial charge in [0, 0.05) is 11.4 Å². The molecule has 0 bridgehead atoms. The van der Waals surface area contributed by atoms with Crippen LogP contribution in [0.5, 0.6) is 5.75 Å². The predicted octanol–water partition coefficient (Wildman–Crippen LogP) is 3.61. The fourth-order valence-electron chi connectivity index (χ4n) is 3.69. The van der Waals surface area contributed by atoms with Gasteiger partial charge in [0.25, 0.3) is 0 Å². The summed E-state index contributed by atoms with van der Waals surface area (Å²) in [7, 11) is -1.70. The Morgan fingerprint density at radius 1 is 0.926 bits per heavy atom. The minimum Gasteiger partial charge on any atom is -0.497 e. The summed E-state index contributed by atoms with van der Waals surface area (Å²) in [6.07, 6.45) is 0. The summed E-state index contributed by atoms with van der Waals surface area (Å²) in [4.78, 5) is 16.3. The van der Waals surface area contributed by atoms with E-state index in [2.05, 4.69) is 0 Å². The van der Waals surface area contributed by atoms with Crippen molar-refractivity contribution in [1.29, 1.82) is 0 Å². The first-order chi connectivity index (χ1) is 12.8. The number of nitrogens with zero attached hydrogens (tertiary/aromatic N) is 2. The number of anilines is 2. The highest BCUT2D eigenvalue weighted by atomic mass is 35.5. The van der Waals surface area contributed by atoms with Gasteiger partial charge < -0.3 is 4.74 Å². The number of carbonyl (C=O) groups excluding carboxylic acids is 1. The topological polar surface area (TPSA) is 66.9 Å². The number of methoxy groups -OCH3 is 1. The molecule has 0 N–H and O–H groups in total. The molecule has 2 amide bonds. The van der Waals surface area contributed by atoms with E-state index in [1.807, 2.05) is 0 Å². The summed E-state index contributed by atoms with van der Waals surface area (Å²) in [5.41, 5.74) is 1.15. The lowest BCUT2D eigenvalue weighted by molar-refractivity contribution is 0.255. The maximum Gasteiger partial charge on any atom is 0.329 e. The number of rotatable bonds is 3. The summed E-state index contributed by atoms with van der Waals surface area (Å²) in [5, 5.41) is 0.678. The van der Waals surface area contributed by atoms with Gasteiger partial charge in [-0.3, -0.25) is 9.80 Å². The van der Waals surface area contributed by atoms with Crippen LogP contribution in [-0.2, 0) is 9.84 Å². The van der Waals surface area contributed by atoms with Gasteiger partial charge in [0.05, 0.1) is 40.7 Å². The average molecular weight is 427 g/mol. The molecule has 0 aliphatic carbocycles. The molecule has 2 aliphatic heterocycles. The molecule has 2 aliphatic rings. The van der Waals surface area contributed by atoms with Gasteiger partial charge in [0.2, 0.25) is 0 Å². The number of ether oxygens (including phenoxy) is 1. The highest BCUT2D eigenvalue weighted by Crippen LogP contribution is 2.39. The molecular formula is C18H16Cl2N2O4S. The number of halogens is 2. The Balaban J connectivity index is 1.78. The number of sulfone groups is 1. The molecule has 0 spiro atoms. The zero-order valence-electron chi connectivity index (χ0n) is 14.3. The maximum absolute atomic E-state index is 13.2. The first-order valence-electron chi connectivity index (χ1n) is 8.23. The summed E-state index contributed by atoms with van der Waals surface area (Å²) >= 11 is 12.1. The van der Waals surface area contributed by atoms with Crippen LogP contribution in [0.1, 0.15) is 0 Å². The van der Waals surface area contributed by atoms with Crippen LogP contribution in [0.4, 0.5) is 16.2 Å². The fourth-order valence-corrected chi connectivity index (χ4v) is 5.90. The number of hydrogen-bond donors (Lipinski definition) is 0. The van der Waals surface area contributed by atoms with E-state index in [1.54, 1.807) is 49.6 Å². The molecule has 2 aromatic rings. The van der Waals surface area contributed by atoms with Crippen LogP contribution < -0.4 is 14.5 Å². The molecule has 2 heterocycles. The molecule has 0 unspecified atom stereocenters. The van der Waals surface area contributed by atoms with E-state index in [9.17, 15) is 13.2 Å². The van der Waals surface area contributed by atoms with Crippen molar-refractivity contribution in [2.24, 2.45) is 0 Å². The molecule has 2 atom stereocenters. The normalized spacial score (nSPS) is 23.6. The van der Waals surface area contributed by atoms with E-state index in [4.69, 9.17) is 27.9 Å². The van der Waals surface area contributed by atoms with Crippen LogP contribution in [0.3, 0.4) is 0 Å². The van der Waals surface area contributed by atoms with E-state index in [-0.39, 0.29) is 17.5 Å². The highest BCUT2D eigenvalue weighted by Gasteiger charge is 2.54. The molecular weight excluding hydrogens is 411 g/mol. The van der Waals surface area contributed by atoms with Crippen LogP contribution in [0, 0.1) is 0 Å². The van der Waals surface area contributed by atoms with Gasteiger partial charge in [-0.15, -0.1) is 0 Å². The van der Waals surface area contributed by atoms with Gasteiger partial charge in [-0.2, -0.15) is 0 Å². The van der Waals surface area contributed by atoms with Crippen LogP contribution in [0.25, 0.3) is 0 Å². The SMILES string of the molecule is COc1ccc(N2C(=O)N(c3ccc(Cl)c(Cl)c3)[C@@H]3CS(=O)(=O)C[C@@H]32)cc1. The standard InChI is InChI=1S/C18H16Cl2N2O4S/c1-26-13-5-2-11(3-6-13)21-16-9-27(24,25)10-17(16)22(18(21)23)12-4-7-14(19)15(20)8-12/h2-8,16-17H,9-10H2,1H3/t16-,17+/m0/s1. The number of carbonyl (C=O) groups is 1. The first kappa shape index (κ1) is 18.4. The second kappa shape index (κ2) is 6.58. The molecule has 4 rings (SSSR count). The van der Waals surface area contributed by atoms with E-state index >= 15 is 0 Å². The van der Waals surface area contributed by atoms with Gasteiger partial charge in [0.1, 0.15) is 5.75 Å². The Hall–Kier alpha value is -1.96. The van der Waals surface area contributed by atoms with Crippen molar-refractivity contribution in [1.82, 2.24) is 0 Å². The van der Waals surface area contributed by atoms with Crippen molar-refractivity contribution in [2.75, 3.05) is 28.4 Å². The first-order valence-corrected chi connectivity index (χ1v) is 10.8. The second-order valence-corrected chi connectivity index (χ2v) is 9.50. The summed E-state index contributed by atoms with van der Waals surface area (Å²) < 4.78 is 29.7. The van der Waals surface area contributed by atoms with Crippen molar-refractivity contribution >= 4 is 50.4 Å². The lowest BCUT2D eigenvalue weighted by atomic mass is 10.1. The number of urea groups is 1. The zero-order valence-corrected chi connectivity index (χ0v) is 16.6. The number of fused-ring (bicyclic) bond motifs is 1. The number of benzene rings is 2. The van der Waals surface area contributed by atoms with Gasteiger partial charge >= 0.3 is 6.03 Å². The van der Waals surface area contributed by atoms with Crippen LogP contribution in [-0.4, -0.2) is 45.1 Å². The maximum atomic E-state index is 13.2. The molecule has 0 saturated carbocycles. The largest absolute Gasteiger partial charge is 0.497 e. The van der Waals surface area contributed by atoms with Crippen molar-refractivity contribution in [2.45, 2.75) is 12.1 Å². The van der Waals surface area contributed by atoms with E-state index in [0.717, 1.165) is 0 Å². The van der Waals surface area contributed by atoms with Gasteiger partial charge in [-0.05, 0) is 42.5 Å². The summed E-state index contributed by atoms with van der Waals surface area (Å²) in [6.45, 7) is 0. The fraction of sp³-hybridized carbons (Fsp3) is 0.278. The Kier molecular flexibility index (Phi) is 4.49. The Bertz CT molecular complexity index is 1010.